The molecule has 138 valence electrons. The number of nitrogens with one attached hydrogen (secondary N) is 2. The molecule has 0 unspecified atom stereocenters. The van der Waals surface area contributed by atoms with Crippen LogP contribution >= 0.6 is 0 Å². The zero-order chi connectivity index (χ0) is 18.7. The molecule has 0 spiro atoms. The van der Waals surface area contributed by atoms with Crippen molar-refractivity contribution < 1.29 is 27.0 Å². The van der Waals surface area contributed by atoms with Gasteiger partial charge in [0, 0.05) is 24.7 Å². The Morgan fingerprint density at radius 2 is 1.96 bits per heavy atom. The summed E-state index contributed by atoms with van der Waals surface area (Å²) in [4.78, 5) is 6.96. The number of nitrogens with zero attached hydrogens (tertiary/aromatic N) is 1. The highest BCUT2D eigenvalue weighted by atomic mass is 19.4. The Balaban J connectivity index is 1.83. The van der Waals surface area contributed by atoms with Crippen LogP contribution in [0.25, 0.3) is 11.0 Å². The van der Waals surface area contributed by atoms with E-state index in [0.29, 0.717) is 22.5 Å². The maximum Gasteiger partial charge on any atom is 0.390 e. The second-order valence-corrected chi connectivity index (χ2v) is 5.46. The number of halogens is 4. The van der Waals surface area contributed by atoms with Gasteiger partial charge in [0.15, 0.2) is 11.6 Å². The van der Waals surface area contributed by atoms with E-state index in [-0.39, 0.29) is 18.0 Å². The molecule has 5 nitrogen and oxygen atoms in total. The van der Waals surface area contributed by atoms with E-state index in [1.54, 1.807) is 6.07 Å². The van der Waals surface area contributed by atoms with Gasteiger partial charge in [-0.25, -0.2) is 9.37 Å². The molecular formula is C17H15F4N3O2. The number of imidazole rings is 1. The van der Waals surface area contributed by atoms with E-state index in [1.807, 2.05) is 0 Å². The third-order valence-corrected chi connectivity index (χ3v) is 3.58. The van der Waals surface area contributed by atoms with Crippen LogP contribution in [0.1, 0.15) is 6.42 Å². The van der Waals surface area contributed by atoms with Crippen molar-refractivity contribution in [1.29, 1.82) is 0 Å². The van der Waals surface area contributed by atoms with Gasteiger partial charge in [-0.05, 0) is 12.1 Å². The molecule has 0 amide bonds. The number of H-pyrrole nitrogens is 1. The number of aromatic nitrogens is 2. The summed E-state index contributed by atoms with van der Waals surface area (Å²) in [6, 6.07) is 7.24. The van der Waals surface area contributed by atoms with E-state index in [1.165, 1.54) is 31.6 Å². The van der Waals surface area contributed by atoms with E-state index < -0.39 is 18.4 Å². The van der Waals surface area contributed by atoms with Crippen molar-refractivity contribution in [2.24, 2.45) is 0 Å². The molecule has 2 N–H and O–H groups in total. The number of anilines is 1. The van der Waals surface area contributed by atoms with Crippen LogP contribution in [0.3, 0.4) is 0 Å². The van der Waals surface area contributed by atoms with Gasteiger partial charge >= 0.3 is 6.18 Å². The van der Waals surface area contributed by atoms with Gasteiger partial charge in [0.2, 0.25) is 0 Å². The first-order valence-corrected chi connectivity index (χ1v) is 7.65. The molecule has 3 rings (SSSR count). The Morgan fingerprint density at radius 1 is 1.15 bits per heavy atom. The number of aromatic amines is 1. The van der Waals surface area contributed by atoms with Gasteiger partial charge in [0.05, 0.1) is 31.1 Å². The Kier molecular flexibility index (Phi) is 4.88. The minimum absolute atomic E-state index is 0.0795. The summed E-state index contributed by atoms with van der Waals surface area (Å²) in [5, 5.41) is 2.71. The van der Waals surface area contributed by atoms with E-state index in [4.69, 9.17) is 9.47 Å². The van der Waals surface area contributed by atoms with Gasteiger partial charge in [-0.15, -0.1) is 0 Å². The number of hydrogen-bond acceptors (Lipinski definition) is 4. The van der Waals surface area contributed by atoms with Crippen LogP contribution in [0.15, 0.2) is 36.7 Å². The van der Waals surface area contributed by atoms with Crippen molar-refractivity contribution in [2.45, 2.75) is 12.6 Å². The highest BCUT2D eigenvalue weighted by molar-refractivity contribution is 5.89. The number of methoxy groups -OCH3 is 1. The molecular weight excluding hydrogens is 354 g/mol. The normalized spacial score (nSPS) is 11.6. The highest BCUT2D eigenvalue weighted by Gasteiger charge is 2.26. The lowest BCUT2D eigenvalue weighted by Crippen LogP contribution is -2.14. The summed E-state index contributed by atoms with van der Waals surface area (Å²) in [6.45, 7) is -0.300. The summed E-state index contributed by atoms with van der Waals surface area (Å²) < 4.78 is 61.3. The molecule has 0 atom stereocenters. The van der Waals surface area contributed by atoms with Crippen molar-refractivity contribution in [3.63, 3.8) is 0 Å². The van der Waals surface area contributed by atoms with E-state index in [2.05, 4.69) is 15.3 Å². The van der Waals surface area contributed by atoms with Gasteiger partial charge in [0.25, 0.3) is 0 Å². The Bertz CT molecular complexity index is 909. The van der Waals surface area contributed by atoms with Crippen LogP contribution in [0.4, 0.5) is 23.2 Å². The summed E-state index contributed by atoms with van der Waals surface area (Å²) in [5.74, 6) is 0.0382. The molecule has 9 heteroatoms. The van der Waals surface area contributed by atoms with E-state index in [9.17, 15) is 17.6 Å². The minimum Gasteiger partial charge on any atom is -0.494 e. The third-order valence-electron chi connectivity index (χ3n) is 3.58. The van der Waals surface area contributed by atoms with Crippen LogP contribution in [0.5, 0.6) is 17.2 Å². The molecule has 1 aromatic heterocycles. The van der Waals surface area contributed by atoms with Gasteiger partial charge in [-0.2, -0.15) is 13.2 Å². The van der Waals surface area contributed by atoms with Gasteiger partial charge in [0.1, 0.15) is 17.0 Å². The number of fused-ring (bicyclic) bond motifs is 1. The van der Waals surface area contributed by atoms with Crippen LogP contribution in [0, 0.1) is 5.82 Å². The minimum atomic E-state index is -4.26. The lowest BCUT2D eigenvalue weighted by atomic mass is 10.2. The summed E-state index contributed by atoms with van der Waals surface area (Å²) in [7, 11) is 1.35. The predicted octanol–water partition coefficient (Wildman–Crippen LogP) is 4.87. The van der Waals surface area contributed by atoms with E-state index >= 15 is 0 Å². The van der Waals surface area contributed by atoms with Crippen molar-refractivity contribution >= 4 is 16.7 Å². The molecule has 0 aliphatic heterocycles. The Hall–Kier alpha value is -2.97. The molecule has 1 heterocycles. The van der Waals surface area contributed by atoms with Gasteiger partial charge in [-0.1, -0.05) is 0 Å². The molecule has 0 radical (unpaired) electrons. The van der Waals surface area contributed by atoms with Crippen LogP contribution < -0.4 is 14.8 Å². The van der Waals surface area contributed by atoms with Crippen LogP contribution in [-0.2, 0) is 0 Å². The van der Waals surface area contributed by atoms with Crippen LogP contribution in [-0.4, -0.2) is 29.8 Å². The lowest BCUT2D eigenvalue weighted by molar-refractivity contribution is -0.131. The monoisotopic (exact) mass is 369 g/mol. The van der Waals surface area contributed by atoms with Gasteiger partial charge < -0.3 is 19.8 Å². The van der Waals surface area contributed by atoms with E-state index in [0.717, 1.165) is 6.07 Å². The average molecular weight is 369 g/mol. The summed E-state index contributed by atoms with van der Waals surface area (Å²) in [6.07, 6.45) is -3.81. The Morgan fingerprint density at radius 3 is 2.65 bits per heavy atom. The van der Waals surface area contributed by atoms with Crippen molar-refractivity contribution in [1.82, 2.24) is 9.97 Å². The largest absolute Gasteiger partial charge is 0.494 e. The molecule has 0 saturated carbocycles. The molecule has 26 heavy (non-hydrogen) atoms. The number of benzene rings is 2. The second kappa shape index (κ2) is 7.11. The standard InChI is InChI=1S/C17H15F4N3O2/c1-25-15-3-2-10(6-12(15)18)26-11-7-13(22-5-4-17(19,20)21)16-14(8-11)23-9-24-16/h2-3,6-9,22H,4-5H2,1H3,(H,23,24). The van der Waals surface area contributed by atoms with Crippen molar-refractivity contribution in [2.75, 3.05) is 19.0 Å². The van der Waals surface area contributed by atoms with Crippen LogP contribution in [0.2, 0.25) is 0 Å². The third kappa shape index (κ3) is 4.16. The zero-order valence-electron chi connectivity index (χ0n) is 13.7. The fraction of sp³-hybridized carbons (Fsp3) is 0.235. The first-order valence-electron chi connectivity index (χ1n) is 7.65. The molecule has 0 bridgehead atoms. The highest BCUT2D eigenvalue weighted by Crippen LogP contribution is 2.32. The molecule has 0 saturated heterocycles. The maximum atomic E-state index is 13.8. The molecule has 0 aliphatic rings. The smallest absolute Gasteiger partial charge is 0.390 e. The quantitative estimate of drug-likeness (QED) is 0.609. The average Bonchev–Trinajstić information content (AvgIpc) is 3.02. The summed E-state index contributed by atoms with van der Waals surface area (Å²) >= 11 is 0. The predicted molar refractivity (Wildman–Crippen MR) is 88.3 cm³/mol. The molecule has 0 aliphatic carbocycles. The molecule has 0 fully saturated rings. The van der Waals surface area contributed by atoms with Gasteiger partial charge in [-0.3, -0.25) is 0 Å². The fourth-order valence-electron chi connectivity index (χ4n) is 2.40. The van der Waals surface area contributed by atoms with Crippen molar-refractivity contribution in [3.8, 4) is 17.2 Å². The van der Waals surface area contributed by atoms with Crippen molar-refractivity contribution in [3.05, 3.63) is 42.5 Å². The molecule has 3 aromatic rings. The number of alkyl halides is 3. The zero-order valence-corrected chi connectivity index (χ0v) is 13.7. The number of ether oxygens (including phenoxy) is 2. The first-order chi connectivity index (χ1) is 12.4. The molecule has 2 aromatic carbocycles. The summed E-state index contributed by atoms with van der Waals surface area (Å²) in [5.41, 5.74) is 1.45. The Labute approximate surface area is 145 Å². The number of hydrogen-bond donors (Lipinski definition) is 2. The number of rotatable bonds is 6. The SMILES string of the molecule is COc1ccc(Oc2cc(NCCC(F)(F)F)c3nc[nH]c3c2)cc1F. The lowest BCUT2D eigenvalue weighted by Gasteiger charge is -2.12. The topological polar surface area (TPSA) is 59.2 Å². The second-order valence-electron chi connectivity index (χ2n) is 5.46. The maximum absolute atomic E-state index is 13.8. The fourth-order valence-corrected chi connectivity index (χ4v) is 2.40. The first kappa shape index (κ1) is 17.8.